The molecule has 0 N–H and O–H groups in total. The zero-order valence-corrected chi connectivity index (χ0v) is 12.9. The van der Waals surface area contributed by atoms with Crippen LogP contribution >= 0.6 is 0 Å². The molecule has 1 fully saturated rings. The van der Waals surface area contributed by atoms with Gasteiger partial charge in [-0.05, 0) is 0 Å². The van der Waals surface area contributed by atoms with Crippen LogP contribution in [-0.2, 0) is 4.74 Å². The molecule has 1 unspecified atom stereocenters. The molecule has 1 aromatic rings. The molecule has 1 aliphatic rings. The second kappa shape index (κ2) is 5.85. The third-order valence-electron chi connectivity index (χ3n) is 3.26. The fourth-order valence-corrected chi connectivity index (χ4v) is 2.53. The molecule has 2 rings (SSSR count). The number of rotatable bonds is 5. The van der Waals surface area contributed by atoms with Crippen molar-refractivity contribution in [3.63, 3.8) is 0 Å². The van der Waals surface area contributed by atoms with E-state index in [0.717, 1.165) is 30.7 Å². The summed E-state index contributed by atoms with van der Waals surface area (Å²) in [6, 6.07) is 4.92. The molecule has 4 nitrogen and oxygen atoms in total. The van der Waals surface area contributed by atoms with Gasteiger partial charge >= 0.3 is 111 Å². The van der Waals surface area contributed by atoms with Crippen LogP contribution in [0.2, 0.25) is 0 Å². The molecule has 1 saturated heterocycles. The Morgan fingerprint density at radius 2 is 2.35 bits per heavy atom. The van der Waals surface area contributed by atoms with Gasteiger partial charge in [-0.1, -0.05) is 0 Å². The summed E-state index contributed by atoms with van der Waals surface area (Å²) >= 11 is 1.58. The van der Waals surface area contributed by atoms with Gasteiger partial charge in [-0.25, -0.2) is 0 Å². The van der Waals surface area contributed by atoms with Crippen molar-refractivity contribution in [2.45, 2.75) is 6.04 Å². The third kappa shape index (κ3) is 3.21. The van der Waals surface area contributed by atoms with E-state index in [0.29, 0.717) is 6.04 Å². The van der Waals surface area contributed by atoms with E-state index in [9.17, 15) is 0 Å². The fraction of sp³-hybridized carbons (Fsp3) is 0.583. The predicted octanol–water partition coefficient (Wildman–Crippen LogP) is -0.893. The van der Waals surface area contributed by atoms with Crippen molar-refractivity contribution in [1.29, 1.82) is 0 Å². The Morgan fingerprint density at radius 1 is 1.59 bits per heavy atom. The van der Waals surface area contributed by atoms with E-state index in [4.69, 9.17) is 4.74 Å². The van der Waals surface area contributed by atoms with E-state index in [2.05, 4.69) is 34.0 Å². The van der Waals surface area contributed by atoms with Crippen LogP contribution in [0.3, 0.4) is 0 Å². The molecule has 17 heavy (non-hydrogen) atoms. The molecule has 0 amide bonds. The van der Waals surface area contributed by atoms with Crippen LogP contribution in [0.15, 0.2) is 18.3 Å². The van der Waals surface area contributed by atoms with E-state index < -0.39 is 0 Å². The summed E-state index contributed by atoms with van der Waals surface area (Å²) in [4.78, 5) is 9.02. The van der Waals surface area contributed by atoms with Crippen molar-refractivity contribution in [1.82, 2.24) is 9.88 Å². The number of ether oxygens (including phenoxy) is 1. The number of methoxy groups -OCH3 is 1. The summed E-state index contributed by atoms with van der Waals surface area (Å²) in [5.74, 6) is 0. The van der Waals surface area contributed by atoms with Gasteiger partial charge in [0, 0.05) is 0 Å². The summed E-state index contributed by atoms with van der Waals surface area (Å²) in [6.07, 6.45) is 1.90. The number of hydrogen-bond acceptors (Lipinski definition) is 4. The maximum atomic E-state index is 5.10. The first-order valence-electron chi connectivity index (χ1n) is 5.86. The molecule has 1 aliphatic heterocycles. The molecule has 0 spiro atoms. The van der Waals surface area contributed by atoms with E-state index in [1.54, 1.807) is 24.0 Å². The molecule has 0 radical (unpaired) electrons. The Labute approximate surface area is 111 Å². The van der Waals surface area contributed by atoms with Crippen LogP contribution in [-0.4, -0.2) is 73.2 Å². The Hall–Kier alpha value is -0.572. The van der Waals surface area contributed by atoms with Gasteiger partial charge in [-0.2, -0.15) is 0 Å². The minimum absolute atomic E-state index is 0.657. The fourth-order valence-electron chi connectivity index (χ4n) is 2.00. The predicted molar refractivity (Wildman–Crippen MR) is 72.9 cm³/mol. The summed E-state index contributed by atoms with van der Waals surface area (Å²) < 4.78 is 6.24. The van der Waals surface area contributed by atoms with Crippen molar-refractivity contribution in [2.75, 3.05) is 45.3 Å². The number of nitrogens with zero attached hydrogens (tertiary/aromatic N) is 3. The third-order valence-corrected chi connectivity index (χ3v) is 3.93. The van der Waals surface area contributed by atoms with Crippen LogP contribution < -0.4 is 9.38 Å². The van der Waals surface area contributed by atoms with Crippen LogP contribution in [0, 0.1) is 0 Å². The average Bonchev–Trinajstić information content (AvgIpc) is 2.24. The first-order chi connectivity index (χ1) is 8.20. The van der Waals surface area contributed by atoms with E-state index in [1.807, 2.05) is 6.20 Å². The van der Waals surface area contributed by atoms with E-state index in [-0.39, 0.29) is 0 Å². The second-order valence-electron chi connectivity index (χ2n) is 4.47. The normalized spacial score (nSPS) is 16.4. The molecule has 94 valence electrons. The van der Waals surface area contributed by atoms with Crippen LogP contribution in [0.5, 0.6) is 0 Å². The van der Waals surface area contributed by atoms with Crippen molar-refractivity contribution >= 4 is 27.0 Å². The number of pyridine rings is 1. The molecule has 0 aliphatic carbocycles. The van der Waals surface area contributed by atoms with Crippen LogP contribution in [0.25, 0.3) is 0 Å². The molecular formula is C12H20AsN3O. The molecule has 5 heteroatoms. The number of anilines is 1. The van der Waals surface area contributed by atoms with Gasteiger partial charge in [0.25, 0.3) is 0 Å². The first-order valence-corrected chi connectivity index (χ1v) is 7.07. The van der Waals surface area contributed by atoms with E-state index in [1.165, 1.54) is 5.69 Å². The second-order valence-corrected chi connectivity index (χ2v) is 5.71. The summed E-state index contributed by atoms with van der Waals surface area (Å²) in [5.41, 5.74) is 1.30. The summed E-state index contributed by atoms with van der Waals surface area (Å²) in [7, 11) is 3.92. The maximum absolute atomic E-state index is 5.10. The zero-order valence-electron chi connectivity index (χ0n) is 10.5. The molecule has 1 atom stereocenters. The van der Waals surface area contributed by atoms with Crippen molar-refractivity contribution in [3.05, 3.63) is 18.3 Å². The molecule has 0 saturated carbocycles. The summed E-state index contributed by atoms with van der Waals surface area (Å²) in [6.45, 7) is 4.03. The Balaban J connectivity index is 1.82. The van der Waals surface area contributed by atoms with Gasteiger partial charge in [0.05, 0.1) is 0 Å². The number of aromatic nitrogens is 1. The number of hydrogen-bond donors (Lipinski definition) is 0. The van der Waals surface area contributed by atoms with Crippen molar-refractivity contribution < 1.29 is 4.74 Å². The van der Waals surface area contributed by atoms with Gasteiger partial charge < -0.3 is 0 Å². The zero-order chi connectivity index (χ0) is 12.3. The standard InChI is InChI=1S/C12H20AsN3O/c1-15(5-6-17-2)11-8-16(9-11)10-3-4-14-12(13)7-10/h3-4,7,11H,5-6,8-9,13H2,1-2H3. The minimum atomic E-state index is 0.657. The monoisotopic (exact) mass is 297 g/mol. The molecule has 2 heterocycles. The average molecular weight is 297 g/mol. The molecule has 0 bridgehead atoms. The Morgan fingerprint density at radius 3 is 3.00 bits per heavy atom. The first kappa shape index (κ1) is 12.9. The molecule has 0 aromatic carbocycles. The van der Waals surface area contributed by atoms with Crippen LogP contribution in [0.1, 0.15) is 0 Å². The topological polar surface area (TPSA) is 28.6 Å². The van der Waals surface area contributed by atoms with Gasteiger partial charge in [0.15, 0.2) is 0 Å². The SMILES string of the molecule is COCCN(C)C1CN(c2ccnc([AsH2])c2)C1. The molecule has 1 aromatic heterocycles. The Bertz CT molecular complexity index is 369. The van der Waals surface area contributed by atoms with Crippen molar-refractivity contribution in [3.8, 4) is 0 Å². The van der Waals surface area contributed by atoms with Crippen molar-refractivity contribution in [2.24, 2.45) is 0 Å². The Kier molecular flexibility index (Phi) is 4.43. The van der Waals surface area contributed by atoms with Crippen LogP contribution in [0.4, 0.5) is 5.69 Å². The van der Waals surface area contributed by atoms with E-state index >= 15 is 0 Å². The quantitative estimate of drug-likeness (QED) is 0.659. The number of likely N-dealkylation sites (N-methyl/N-ethyl adjacent to an activating group) is 1. The van der Waals surface area contributed by atoms with Gasteiger partial charge in [0.2, 0.25) is 0 Å². The van der Waals surface area contributed by atoms with Gasteiger partial charge in [-0.3, -0.25) is 0 Å². The summed E-state index contributed by atoms with van der Waals surface area (Å²) in [5, 5.41) is 0. The van der Waals surface area contributed by atoms with Gasteiger partial charge in [-0.15, -0.1) is 0 Å². The molecular weight excluding hydrogens is 277 g/mol. The van der Waals surface area contributed by atoms with Gasteiger partial charge in [0.1, 0.15) is 0 Å².